The number of aromatic nitrogens is 2. The van der Waals surface area contributed by atoms with Crippen molar-refractivity contribution in [3.63, 3.8) is 0 Å². The van der Waals surface area contributed by atoms with E-state index in [2.05, 4.69) is 15.3 Å². The van der Waals surface area contributed by atoms with Crippen LogP contribution in [0.15, 0.2) is 76.8 Å². The van der Waals surface area contributed by atoms with E-state index in [1.165, 1.54) is 24.2 Å². The number of carbonyl (C=O) groups is 2. The molecule has 6 nitrogen and oxygen atoms in total. The van der Waals surface area contributed by atoms with Crippen molar-refractivity contribution in [1.82, 2.24) is 9.97 Å². The third-order valence-electron chi connectivity index (χ3n) is 3.22. The zero-order chi connectivity index (χ0) is 17.6. The van der Waals surface area contributed by atoms with Crippen LogP contribution in [0.25, 0.3) is 0 Å². The first-order valence-electron chi connectivity index (χ1n) is 7.33. The predicted molar refractivity (Wildman–Crippen MR) is 94.0 cm³/mol. The Hall–Kier alpha value is -3.19. The molecule has 124 valence electrons. The highest BCUT2D eigenvalue weighted by Crippen LogP contribution is 2.33. The summed E-state index contributed by atoms with van der Waals surface area (Å²) in [5.41, 5.74) is -0.0361. The van der Waals surface area contributed by atoms with Gasteiger partial charge in [0, 0.05) is 22.2 Å². The molecule has 25 heavy (non-hydrogen) atoms. The molecular weight excluding hydrogens is 338 g/mol. The van der Waals surface area contributed by atoms with Gasteiger partial charge in [-0.1, -0.05) is 42.1 Å². The molecule has 0 aliphatic carbocycles. The van der Waals surface area contributed by atoms with Gasteiger partial charge in [-0.05, 0) is 24.3 Å². The van der Waals surface area contributed by atoms with Gasteiger partial charge in [-0.2, -0.15) is 0 Å². The zero-order valence-corrected chi connectivity index (χ0v) is 13.7. The number of benzene rings is 2. The van der Waals surface area contributed by atoms with Gasteiger partial charge in [0.25, 0.3) is 5.91 Å². The van der Waals surface area contributed by atoms with Gasteiger partial charge in [-0.25, -0.2) is 14.8 Å². The van der Waals surface area contributed by atoms with Crippen LogP contribution in [0.2, 0.25) is 0 Å². The van der Waals surface area contributed by atoms with Crippen molar-refractivity contribution in [2.75, 3.05) is 5.32 Å². The summed E-state index contributed by atoms with van der Waals surface area (Å²) in [6, 6.07) is 17.0. The average Bonchev–Trinajstić information content (AvgIpc) is 2.64. The van der Waals surface area contributed by atoms with Gasteiger partial charge in [-0.15, -0.1) is 0 Å². The van der Waals surface area contributed by atoms with Crippen molar-refractivity contribution in [2.45, 2.75) is 9.79 Å². The molecule has 7 heteroatoms. The van der Waals surface area contributed by atoms with Crippen molar-refractivity contribution in [2.24, 2.45) is 0 Å². The Labute approximate surface area is 148 Å². The van der Waals surface area contributed by atoms with Crippen LogP contribution in [0, 0.1) is 0 Å². The van der Waals surface area contributed by atoms with Crippen molar-refractivity contribution in [3.8, 4) is 0 Å². The first-order valence-corrected chi connectivity index (χ1v) is 8.14. The Morgan fingerprint density at radius 3 is 2.24 bits per heavy atom. The molecule has 0 spiro atoms. The fourth-order valence-corrected chi connectivity index (χ4v) is 3.04. The highest BCUT2D eigenvalue weighted by atomic mass is 32.2. The van der Waals surface area contributed by atoms with Gasteiger partial charge >= 0.3 is 5.97 Å². The normalized spacial score (nSPS) is 10.2. The summed E-state index contributed by atoms with van der Waals surface area (Å²) in [6.07, 6.45) is 2.52. The molecule has 0 aliphatic rings. The molecule has 1 heterocycles. The van der Waals surface area contributed by atoms with Gasteiger partial charge in [0.2, 0.25) is 0 Å². The number of amides is 1. The van der Waals surface area contributed by atoms with Gasteiger partial charge in [0.1, 0.15) is 0 Å². The molecule has 3 aromatic rings. The number of nitrogens with zero attached hydrogens (tertiary/aromatic N) is 2. The number of para-hydroxylation sites is 1. The first-order chi connectivity index (χ1) is 12.1. The van der Waals surface area contributed by atoms with E-state index in [0.717, 1.165) is 9.79 Å². The Morgan fingerprint density at radius 1 is 0.880 bits per heavy atom. The molecule has 0 radical (unpaired) electrons. The summed E-state index contributed by atoms with van der Waals surface area (Å²) < 4.78 is 0. The lowest BCUT2D eigenvalue weighted by Crippen LogP contribution is -2.19. The van der Waals surface area contributed by atoms with E-state index in [1.807, 2.05) is 42.5 Å². The Kier molecular flexibility index (Phi) is 5.06. The third-order valence-corrected chi connectivity index (χ3v) is 4.31. The number of carboxylic acids is 1. The standard InChI is InChI=1S/C18H13N3O3S/c22-17(15-16(18(23)24)20-11-10-19-15)21-13-8-4-5-9-14(13)25-12-6-2-1-3-7-12/h1-11H,(H,21,22)(H,23,24). The number of anilines is 1. The molecule has 0 bridgehead atoms. The van der Waals surface area contributed by atoms with E-state index in [-0.39, 0.29) is 11.4 Å². The summed E-state index contributed by atoms with van der Waals surface area (Å²) in [5.74, 6) is -1.92. The van der Waals surface area contributed by atoms with Crippen molar-refractivity contribution >= 4 is 29.3 Å². The highest BCUT2D eigenvalue weighted by molar-refractivity contribution is 7.99. The zero-order valence-electron chi connectivity index (χ0n) is 12.9. The van der Waals surface area contributed by atoms with Crippen LogP contribution >= 0.6 is 11.8 Å². The lowest BCUT2D eigenvalue weighted by atomic mass is 10.2. The van der Waals surface area contributed by atoms with Crippen LogP contribution in [0.5, 0.6) is 0 Å². The van der Waals surface area contributed by atoms with Gasteiger partial charge in [0.15, 0.2) is 11.4 Å². The molecule has 0 saturated heterocycles. The average molecular weight is 351 g/mol. The van der Waals surface area contributed by atoms with Crippen LogP contribution in [0.3, 0.4) is 0 Å². The molecule has 0 unspecified atom stereocenters. The van der Waals surface area contributed by atoms with Crippen molar-refractivity contribution in [3.05, 3.63) is 78.4 Å². The lowest BCUT2D eigenvalue weighted by Gasteiger charge is -2.11. The molecule has 0 aliphatic heterocycles. The molecule has 0 fully saturated rings. The molecule has 0 atom stereocenters. The van der Waals surface area contributed by atoms with Crippen molar-refractivity contribution in [1.29, 1.82) is 0 Å². The second-order valence-electron chi connectivity index (χ2n) is 4.92. The van der Waals surface area contributed by atoms with E-state index in [4.69, 9.17) is 5.11 Å². The molecular formula is C18H13N3O3S. The fourth-order valence-electron chi connectivity index (χ4n) is 2.12. The maximum atomic E-state index is 12.5. The van der Waals surface area contributed by atoms with E-state index in [1.54, 1.807) is 12.1 Å². The summed E-state index contributed by atoms with van der Waals surface area (Å²) in [4.78, 5) is 33.1. The van der Waals surface area contributed by atoms with Crippen LogP contribution in [-0.4, -0.2) is 27.0 Å². The number of carbonyl (C=O) groups excluding carboxylic acids is 1. The third kappa shape index (κ3) is 4.02. The topological polar surface area (TPSA) is 92.2 Å². The SMILES string of the molecule is O=C(O)c1nccnc1C(=O)Nc1ccccc1Sc1ccccc1. The summed E-state index contributed by atoms with van der Waals surface area (Å²) in [6.45, 7) is 0. The quantitative estimate of drug-likeness (QED) is 0.730. The predicted octanol–water partition coefficient (Wildman–Crippen LogP) is 3.58. The Bertz CT molecular complexity index is 916. The van der Waals surface area contributed by atoms with Crippen molar-refractivity contribution < 1.29 is 14.7 Å². The van der Waals surface area contributed by atoms with Crippen LogP contribution in [-0.2, 0) is 0 Å². The molecule has 1 aromatic heterocycles. The first kappa shape index (κ1) is 16.7. The van der Waals surface area contributed by atoms with E-state index < -0.39 is 11.9 Å². The van der Waals surface area contributed by atoms with Gasteiger partial charge in [-0.3, -0.25) is 4.79 Å². The van der Waals surface area contributed by atoms with E-state index in [9.17, 15) is 9.59 Å². The summed E-state index contributed by atoms with van der Waals surface area (Å²) >= 11 is 1.49. The van der Waals surface area contributed by atoms with Crippen LogP contribution in [0.4, 0.5) is 5.69 Å². The summed E-state index contributed by atoms with van der Waals surface area (Å²) in [7, 11) is 0. The highest BCUT2D eigenvalue weighted by Gasteiger charge is 2.20. The molecule has 1 amide bonds. The number of hydrogen-bond donors (Lipinski definition) is 2. The summed E-state index contributed by atoms with van der Waals surface area (Å²) in [5, 5.41) is 11.9. The number of hydrogen-bond acceptors (Lipinski definition) is 5. The van der Waals surface area contributed by atoms with Crippen LogP contribution in [0.1, 0.15) is 21.0 Å². The maximum absolute atomic E-state index is 12.5. The lowest BCUT2D eigenvalue weighted by molar-refractivity contribution is 0.0685. The molecule has 0 saturated carbocycles. The van der Waals surface area contributed by atoms with Gasteiger partial charge < -0.3 is 10.4 Å². The molecule has 2 aromatic carbocycles. The van der Waals surface area contributed by atoms with E-state index >= 15 is 0 Å². The number of rotatable bonds is 5. The second kappa shape index (κ2) is 7.59. The minimum Gasteiger partial charge on any atom is -0.476 e. The maximum Gasteiger partial charge on any atom is 0.356 e. The largest absolute Gasteiger partial charge is 0.476 e. The molecule has 2 N–H and O–H groups in total. The van der Waals surface area contributed by atoms with Crippen LogP contribution < -0.4 is 5.32 Å². The monoisotopic (exact) mass is 351 g/mol. The fraction of sp³-hybridized carbons (Fsp3) is 0. The van der Waals surface area contributed by atoms with Gasteiger partial charge in [0.05, 0.1) is 5.69 Å². The smallest absolute Gasteiger partial charge is 0.356 e. The minimum absolute atomic E-state index is 0.227. The molecule has 3 rings (SSSR count). The number of aromatic carboxylic acids is 1. The number of nitrogens with one attached hydrogen (secondary N) is 1. The Morgan fingerprint density at radius 2 is 1.52 bits per heavy atom. The van der Waals surface area contributed by atoms with E-state index in [0.29, 0.717) is 5.69 Å². The minimum atomic E-state index is -1.30. The Balaban J connectivity index is 1.86. The number of carboxylic acid groups (broad SMARTS) is 1. The second-order valence-corrected chi connectivity index (χ2v) is 6.04.